The molecule has 3 N–H and O–H groups in total. The van der Waals surface area contributed by atoms with Crippen LogP contribution in [-0.4, -0.2) is 31.5 Å². The van der Waals surface area contributed by atoms with Crippen LogP contribution in [0.4, 0.5) is 10.3 Å². The van der Waals surface area contributed by atoms with Crippen LogP contribution in [0.25, 0.3) is 31.8 Å². The van der Waals surface area contributed by atoms with Gasteiger partial charge in [0.05, 0.1) is 23.3 Å². The van der Waals surface area contributed by atoms with Crippen molar-refractivity contribution in [3.05, 3.63) is 78.5 Å². The molecule has 1 unspecified atom stereocenters. The van der Waals surface area contributed by atoms with E-state index in [0.29, 0.717) is 19.0 Å². The van der Waals surface area contributed by atoms with Crippen molar-refractivity contribution >= 4 is 27.4 Å². The van der Waals surface area contributed by atoms with Crippen LogP contribution < -0.4 is 11.1 Å². The highest BCUT2D eigenvalue weighted by Crippen LogP contribution is 2.40. The monoisotopic (exact) mass is 459 g/mol. The molecule has 5 rings (SSSR count). The standard InChI is InChI=1S/C24H22FN7S/c1-15(26)18-6-5-17(25)14-20(18)19-4-2-3-16-13-22(33-23(16)19)21-7-8-27-24(30-21)28-9-11-32-12-10-29-31-32/h2-8,10,12-15H,9,11,26H2,1H3,(H,27,28,30). The number of nitrogens with zero attached hydrogens (tertiary/aromatic N) is 5. The predicted molar refractivity (Wildman–Crippen MR) is 129 cm³/mol. The van der Waals surface area contributed by atoms with E-state index in [0.717, 1.165) is 37.3 Å². The molecule has 0 saturated carbocycles. The summed E-state index contributed by atoms with van der Waals surface area (Å²) in [6, 6.07) is 14.6. The molecule has 33 heavy (non-hydrogen) atoms. The quantitative estimate of drug-likeness (QED) is 0.360. The van der Waals surface area contributed by atoms with E-state index in [4.69, 9.17) is 5.73 Å². The Hall–Kier alpha value is -3.69. The van der Waals surface area contributed by atoms with Gasteiger partial charge in [-0.3, -0.25) is 4.68 Å². The average Bonchev–Trinajstić information content (AvgIpc) is 3.49. The summed E-state index contributed by atoms with van der Waals surface area (Å²) >= 11 is 1.62. The summed E-state index contributed by atoms with van der Waals surface area (Å²) in [5.74, 6) is 0.273. The summed E-state index contributed by atoms with van der Waals surface area (Å²) in [4.78, 5) is 10.0. The molecule has 0 radical (unpaired) electrons. The van der Waals surface area contributed by atoms with Gasteiger partial charge in [-0.15, -0.1) is 16.4 Å². The van der Waals surface area contributed by atoms with Gasteiger partial charge >= 0.3 is 0 Å². The second-order valence-corrected chi connectivity index (χ2v) is 8.77. The van der Waals surface area contributed by atoms with E-state index < -0.39 is 0 Å². The van der Waals surface area contributed by atoms with Crippen LogP contribution in [0.2, 0.25) is 0 Å². The molecular formula is C24H22FN7S. The fraction of sp³-hybridized carbons (Fsp3) is 0.167. The van der Waals surface area contributed by atoms with Crippen LogP contribution in [0, 0.1) is 5.82 Å². The number of rotatable bonds is 7. The van der Waals surface area contributed by atoms with Crippen LogP contribution >= 0.6 is 11.3 Å². The second kappa shape index (κ2) is 9.05. The van der Waals surface area contributed by atoms with E-state index >= 15 is 0 Å². The molecule has 0 spiro atoms. The highest BCUT2D eigenvalue weighted by Gasteiger charge is 2.15. The van der Waals surface area contributed by atoms with Gasteiger partial charge < -0.3 is 11.1 Å². The molecule has 2 aromatic carbocycles. The first-order chi connectivity index (χ1) is 16.1. The summed E-state index contributed by atoms with van der Waals surface area (Å²) in [6.45, 7) is 3.20. The highest BCUT2D eigenvalue weighted by atomic mass is 32.1. The number of hydrogen-bond acceptors (Lipinski definition) is 7. The maximum Gasteiger partial charge on any atom is 0.223 e. The Morgan fingerprint density at radius 1 is 1.12 bits per heavy atom. The van der Waals surface area contributed by atoms with Crippen molar-refractivity contribution in [2.45, 2.75) is 19.5 Å². The lowest BCUT2D eigenvalue weighted by atomic mass is 9.95. The molecule has 1 atom stereocenters. The third kappa shape index (κ3) is 4.46. The van der Waals surface area contributed by atoms with Gasteiger partial charge in [-0.25, -0.2) is 14.4 Å². The maximum atomic E-state index is 14.1. The van der Waals surface area contributed by atoms with Crippen molar-refractivity contribution in [2.24, 2.45) is 5.73 Å². The molecule has 166 valence electrons. The number of fused-ring (bicyclic) bond motifs is 1. The van der Waals surface area contributed by atoms with Crippen LogP contribution in [0.5, 0.6) is 0 Å². The Morgan fingerprint density at radius 3 is 2.85 bits per heavy atom. The fourth-order valence-corrected chi connectivity index (χ4v) is 4.93. The van der Waals surface area contributed by atoms with Gasteiger partial charge in [0.25, 0.3) is 0 Å². The molecule has 0 amide bonds. The Morgan fingerprint density at radius 2 is 2.03 bits per heavy atom. The molecule has 0 bridgehead atoms. The van der Waals surface area contributed by atoms with Gasteiger partial charge in [0.2, 0.25) is 5.95 Å². The van der Waals surface area contributed by atoms with E-state index in [-0.39, 0.29) is 11.9 Å². The molecule has 7 nitrogen and oxygen atoms in total. The molecule has 0 saturated heterocycles. The van der Waals surface area contributed by atoms with Crippen molar-refractivity contribution in [1.29, 1.82) is 0 Å². The molecule has 3 heterocycles. The smallest absolute Gasteiger partial charge is 0.223 e. The third-order valence-electron chi connectivity index (χ3n) is 5.34. The van der Waals surface area contributed by atoms with Gasteiger partial charge in [0.15, 0.2) is 0 Å². The largest absolute Gasteiger partial charge is 0.352 e. The summed E-state index contributed by atoms with van der Waals surface area (Å²) in [7, 11) is 0. The van der Waals surface area contributed by atoms with E-state index in [1.807, 2.05) is 31.3 Å². The topological polar surface area (TPSA) is 94.5 Å². The molecule has 9 heteroatoms. The predicted octanol–water partition coefficient (Wildman–Crippen LogP) is 4.89. The number of anilines is 1. The Bertz CT molecular complexity index is 1400. The summed E-state index contributed by atoms with van der Waals surface area (Å²) in [5.41, 5.74) is 9.71. The normalized spacial score (nSPS) is 12.2. The lowest BCUT2D eigenvalue weighted by Gasteiger charge is -2.14. The molecule has 0 fully saturated rings. The van der Waals surface area contributed by atoms with Crippen LogP contribution in [0.15, 0.2) is 67.1 Å². The maximum absolute atomic E-state index is 14.1. The summed E-state index contributed by atoms with van der Waals surface area (Å²) in [5, 5.41) is 12.1. The number of aromatic nitrogens is 5. The second-order valence-electron chi connectivity index (χ2n) is 7.71. The summed E-state index contributed by atoms with van der Waals surface area (Å²) < 4.78 is 16.9. The molecule has 0 aliphatic rings. The van der Waals surface area contributed by atoms with Crippen LogP contribution in [-0.2, 0) is 6.54 Å². The summed E-state index contributed by atoms with van der Waals surface area (Å²) in [6.07, 6.45) is 5.20. The first-order valence-corrected chi connectivity index (χ1v) is 11.4. The number of hydrogen-bond donors (Lipinski definition) is 2. The Balaban J connectivity index is 1.47. The number of nitrogens with two attached hydrogens (primary N) is 1. The minimum absolute atomic E-state index is 0.205. The average molecular weight is 460 g/mol. The SMILES string of the molecule is CC(N)c1ccc(F)cc1-c1cccc2cc(-c3ccnc(NCCn4ccnn4)n3)sc12. The van der Waals surface area contributed by atoms with Crippen LogP contribution in [0.1, 0.15) is 18.5 Å². The van der Waals surface area contributed by atoms with E-state index in [1.54, 1.807) is 40.5 Å². The number of nitrogens with one attached hydrogen (secondary N) is 1. The number of benzene rings is 2. The van der Waals surface area contributed by atoms with E-state index in [2.05, 4.69) is 37.7 Å². The van der Waals surface area contributed by atoms with Gasteiger partial charge in [-0.2, -0.15) is 0 Å². The zero-order valence-corrected chi connectivity index (χ0v) is 18.8. The molecule has 5 aromatic rings. The lowest BCUT2D eigenvalue weighted by Crippen LogP contribution is -2.12. The van der Waals surface area contributed by atoms with E-state index in [1.165, 1.54) is 6.07 Å². The molecular weight excluding hydrogens is 437 g/mol. The minimum Gasteiger partial charge on any atom is -0.352 e. The number of halogens is 1. The Labute approximate surface area is 194 Å². The van der Waals surface area contributed by atoms with Gasteiger partial charge in [0.1, 0.15) is 5.82 Å². The highest BCUT2D eigenvalue weighted by molar-refractivity contribution is 7.22. The first kappa shape index (κ1) is 21.2. The number of thiophene rings is 1. The molecule has 0 aliphatic heterocycles. The zero-order valence-electron chi connectivity index (χ0n) is 17.9. The molecule has 3 aromatic heterocycles. The fourth-order valence-electron chi connectivity index (χ4n) is 3.78. The van der Waals surface area contributed by atoms with Crippen molar-refractivity contribution in [1.82, 2.24) is 25.0 Å². The zero-order chi connectivity index (χ0) is 22.8. The van der Waals surface area contributed by atoms with E-state index in [9.17, 15) is 4.39 Å². The first-order valence-electron chi connectivity index (χ1n) is 10.6. The van der Waals surface area contributed by atoms with Gasteiger partial charge in [0, 0.05) is 29.7 Å². The minimum atomic E-state index is -0.277. The molecule has 0 aliphatic carbocycles. The van der Waals surface area contributed by atoms with Crippen molar-refractivity contribution in [2.75, 3.05) is 11.9 Å². The van der Waals surface area contributed by atoms with Gasteiger partial charge in [-0.05, 0) is 53.3 Å². The Kier molecular flexibility index (Phi) is 5.80. The van der Waals surface area contributed by atoms with Crippen molar-refractivity contribution < 1.29 is 4.39 Å². The van der Waals surface area contributed by atoms with Crippen LogP contribution in [0.3, 0.4) is 0 Å². The van der Waals surface area contributed by atoms with Crippen molar-refractivity contribution in [3.63, 3.8) is 0 Å². The third-order valence-corrected chi connectivity index (χ3v) is 6.55. The lowest BCUT2D eigenvalue weighted by molar-refractivity contribution is 0.607. The van der Waals surface area contributed by atoms with Gasteiger partial charge in [-0.1, -0.05) is 29.5 Å². The van der Waals surface area contributed by atoms with Crippen molar-refractivity contribution in [3.8, 4) is 21.7 Å².